The summed E-state index contributed by atoms with van der Waals surface area (Å²) in [7, 11) is -3.71. The van der Waals surface area contributed by atoms with Gasteiger partial charge in [0.05, 0.1) is 10.6 Å². The van der Waals surface area contributed by atoms with Gasteiger partial charge in [0, 0.05) is 13.0 Å². The van der Waals surface area contributed by atoms with Crippen molar-refractivity contribution >= 4 is 32.0 Å². The van der Waals surface area contributed by atoms with E-state index in [1.54, 1.807) is 40.9 Å². The van der Waals surface area contributed by atoms with E-state index in [0.717, 1.165) is 10.6 Å². The molecule has 0 aliphatic heterocycles. The van der Waals surface area contributed by atoms with Crippen LogP contribution in [0.5, 0.6) is 0 Å². The molecule has 0 saturated carbocycles. The van der Waals surface area contributed by atoms with Crippen LogP contribution in [-0.4, -0.2) is 34.8 Å². The van der Waals surface area contributed by atoms with E-state index in [2.05, 4.69) is 15.3 Å². The number of aromatic nitrogens is 4. The van der Waals surface area contributed by atoms with E-state index in [0.29, 0.717) is 22.9 Å². The smallest absolute Gasteiger partial charge is 0.264 e. The molecule has 0 saturated heterocycles. The van der Waals surface area contributed by atoms with Gasteiger partial charge in [-0.05, 0) is 38.1 Å². The van der Waals surface area contributed by atoms with Gasteiger partial charge in [-0.2, -0.15) is 9.61 Å². The van der Waals surface area contributed by atoms with Crippen LogP contribution in [0.4, 0.5) is 5.69 Å². The second kappa shape index (κ2) is 7.33. The molecule has 0 radical (unpaired) electrons. The Hall–Kier alpha value is -2.78. The van der Waals surface area contributed by atoms with Crippen LogP contribution in [0, 0.1) is 13.8 Å². The van der Waals surface area contributed by atoms with Crippen LogP contribution in [0.25, 0.3) is 4.96 Å². The predicted molar refractivity (Wildman–Crippen MR) is 109 cm³/mol. The van der Waals surface area contributed by atoms with Crippen molar-refractivity contribution in [3.05, 3.63) is 71.0 Å². The normalized spacial score (nSPS) is 11.8. The quantitative estimate of drug-likeness (QED) is 0.485. The average molecular weight is 414 g/mol. The summed E-state index contributed by atoms with van der Waals surface area (Å²) in [5.74, 6) is 0.638. The molecule has 0 amide bonds. The summed E-state index contributed by atoms with van der Waals surface area (Å²) in [6.45, 7) is 4.07. The maximum atomic E-state index is 13.3. The highest BCUT2D eigenvalue weighted by Gasteiger charge is 2.25. The van der Waals surface area contributed by atoms with Gasteiger partial charge >= 0.3 is 0 Å². The van der Waals surface area contributed by atoms with E-state index in [1.807, 2.05) is 32.0 Å². The van der Waals surface area contributed by atoms with Crippen LogP contribution < -0.4 is 4.31 Å². The third kappa shape index (κ3) is 3.50. The first-order valence-electron chi connectivity index (χ1n) is 8.77. The molecule has 7 nitrogen and oxygen atoms in total. The summed E-state index contributed by atoms with van der Waals surface area (Å²) in [5.41, 5.74) is 1.62. The van der Waals surface area contributed by atoms with E-state index in [9.17, 15) is 8.42 Å². The SMILES string of the molecule is Cc1ccc(S(=O)(=O)N(CCc2nnc3sc(C)nn23)c2ccccc2)cc1. The molecule has 2 aromatic heterocycles. The highest BCUT2D eigenvalue weighted by molar-refractivity contribution is 7.92. The second-order valence-electron chi connectivity index (χ2n) is 6.41. The molecule has 28 heavy (non-hydrogen) atoms. The van der Waals surface area contributed by atoms with Crippen molar-refractivity contribution in [3.63, 3.8) is 0 Å². The first-order chi connectivity index (χ1) is 13.4. The van der Waals surface area contributed by atoms with Gasteiger partial charge < -0.3 is 0 Å². The van der Waals surface area contributed by atoms with Crippen LogP contribution in [-0.2, 0) is 16.4 Å². The lowest BCUT2D eigenvalue weighted by molar-refractivity contribution is 0.589. The molecule has 0 N–H and O–H groups in total. The van der Waals surface area contributed by atoms with Crippen LogP contribution in [0.1, 0.15) is 16.4 Å². The molecule has 0 spiro atoms. The zero-order chi connectivity index (χ0) is 19.7. The van der Waals surface area contributed by atoms with Gasteiger partial charge in [-0.3, -0.25) is 4.31 Å². The standard InChI is InChI=1S/C19H19N5O2S2/c1-14-8-10-17(11-9-14)28(25,26)23(16-6-4-3-5-7-16)13-12-18-20-21-19-24(18)22-15(2)27-19/h3-11H,12-13H2,1-2H3. The zero-order valence-electron chi connectivity index (χ0n) is 15.5. The Labute approximate surface area is 167 Å². The molecule has 0 aliphatic carbocycles. The fourth-order valence-corrected chi connectivity index (χ4v) is 5.10. The van der Waals surface area contributed by atoms with Gasteiger partial charge in [0.15, 0.2) is 5.82 Å². The van der Waals surface area contributed by atoms with Crippen molar-refractivity contribution in [1.29, 1.82) is 0 Å². The third-order valence-electron chi connectivity index (χ3n) is 4.35. The molecule has 0 bridgehead atoms. The lowest BCUT2D eigenvalue weighted by Gasteiger charge is -2.24. The molecule has 144 valence electrons. The average Bonchev–Trinajstić information content (AvgIpc) is 3.22. The van der Waals surface area contributed by atoms with Crippen LogP contribution in [0.3, 0.4) is 0 Å². The second-order valence-corrected chi connectivity index (χ2v) is 9.43. The molecular weight excluding hydrogens is 394 g/mol. The van der Waals surface area contributed by atoms with E-state index >= 15 is 0 Å². The van der Waals surface area contributed by atoms with Crippen LogP contribution in [0.2, 0.25) is 0 Å². The van der Waals surface area contributed by atoms with Crippen molar-refractivity contribution < 1.29 is 8.42 Å². The molecule has 0 atom stereocenters. The molecule has 2 heterocycles. The summed E-state index contributed by atoms with van der Waals surface area (Å²) >= 11 is 1.45. The van der Waals surface area contributed by atoms with Gasteiger partial charge in [-0.25, -0.2) is 8.42 Å². The van der Waals surface area contributed by atoms with Gasteiger partial charge in [0.1, 0.15) is 5.01 Å². The molecule has 4 aromatic rings. The number of hydrogen-bond acceptors (Lipinski definition) is 6. The number of hydrogen-bond donors (Lipinski definition) is 0. The zero-order valence-corrected chi connectivity index (χ0v) is 17.1. The monoisotopic (exact) mass is 413 g/mol. The van der Waals surface area contributed by atoms with Gasteiger partial charge in [0.2, 0.25) is 4.96 Å². The summed E-state index contributed by atoms with van der Waals surface area (Å²) in [6.07, 6.45) is 0.393. The van der Waals surface area contributed by atoms with Crippen LogP contribution in [0.15, 0.2) is 59.5 Å². The minimum absolute atomic E-state index is 0.234. The first kappa shape index (κ1) is 18.6. The van der Waals surface area contributed by atoms with E-state index < -0.39 is 10.0 Å². The Balaban J connectivity index is 1.69. The van der Waals surface area contributed by atoms with Crippen molar-refractivity contribution in [2.75, 3.05) is 10.8 Å². The largest absolute Gasteiger partial charge is 0.266 e. The lowest BCUT2D eigenvalue weighted by atomic mass is 10.2. The lowest BCUT2D eigenvalue weighted by Crippen LogP contribution is -2.33. The number of nitrogens with zero attached hydrogens (tertiary/aromatic N) is 5. The summed E-state index contributed by atoms with van der Waals surface area (Å²) in [6, 6.07) is 16.0. The molecule has 0 unspecified atom stereocenters. The van der Waals surface area contributed by atoms with Crippen molar-refractivity contribution in [2.45, 2.75) is 25.2 Å². The summed E-state index contributed by atoms with van der Waals surface area (Å²) < 4.78 is 29.8. The molecule has 2 aromatic carbocycles. The fourth-order valence-electron chi connectivity index (χ4n) is 2.93. The molecular formula is C19H19N5O2S2. The number of para-hydroxylation sites is 1. The summed E-state index contributed by atoms with van der Waals surface area (Å²) in [4.78, 5) is 0.970. The van der Waals surface area contributed by atoms with Crippen molar-refractivity contribution in [1.82, 2.24) is 19.8 Å². The van der Waals surface area contributed by atoms with E-state index in [-0.39, 0.29) is 11.4 Å². The Morgan fingerprint density at radius 2 is 1.71 bits per heavy atom. The Kier molecular flexibility index (Phi) is 4.86. The van der Waals surface area contributed by atoms with Crippen molar-refractivity contribution in [3.8, 4) is 0 Å². The Bertz CT molecular complexity index is 1200. The van der Waals surface area contributed by atoms with Crippen molar-refractivity contribution in [2.24, 2.45) is 0 Å². The number of sulfonamides is 1. The number of benzene rings is 2. The van der Waals surface area contributed by atoms with Gasteiger partial charge in [-0.1, -0.05) is 47.2 Å². The number of anilines is 1. The van der Waals surface area contributed by atoms with Gasteiger partial charge in [0.25, 0.3) is 10.0 Å². The summed E-state index contributed by atoms with van der Waals surface area (Å²) in [5, 5.41) is 13.6. The molecule has 9 heteroatoms. The number of aryl methyl sites for hydroxylation is 2. The predicted octanol–water partition coefficient (Wildman–Crippen LogP) is 3.24. The maximum Gasteiger partial charge on any atom is 0.264 e. The Morgan fingerprint density at radius 3 is 2.43 bits per heavy atom. The first-order valence-corrected chi connectivity index (χ1v) is 11.0. The maximum absolute atomic E-state index is 13.3. The Morgan fingerprint density at radius 1 is 1.00 bits per heavy atom. The molecule has 4 rings (SSSR count). The van der Waals surface area contributed by atoms with E-state index in [4.69, 9.17) is 0 Å². The highest BCUT2D eigenvalue weighted by Crippen LogP contribution is 2.24. The number of rotatable bonds is 6. The fraction of sp³-hybridized carbons (Fsp3) is 0.211. The molecule has 0 fully saturated rings. The number of fused-ring (bicyclic) bond motifs is 1. The van der Waals surface area contributed by atoms with Gasteiger partial charge in [-0.15, -0.1) is 10.2 Å². The minimum atomic E-state index is -3.71. The minimum Gasteiger partial charge on any atom is -0.266 e. The molecule has 0 aliphatic rings. The van der Waals surface area contributed by atoms with E-state index in [1.165, 1.54) is 15.6 Å². The van der Waals surface area contributed by atoms with Crippen LogP contribution >= 0.6 is 11.3 Å². The highest BCUT2D eigenvalue weighted by atomic mass is 32.2. The third-order valence-corrected chi connectivity index (χ3v) is 7.00. The topological polar surface area (TPSA) is 80.5 Å².